The van der Waals surface area contributed by atoms with Crippen molar-refractivity contribution in [3.63, 3.8) is 0 Å². The van der Waals surface area contributed by atoms with Gasteiger partial charge >= 0.3 is 6.18 Å². The highest BCUT2D eigenvalue weighted by Gasteiger charge is 2.32. The summed E-state index contributed by atoms with van der Waals surface area (Å²) in [4.78, 5) is 0. The van der Waals surface area contributed by atoms with Gasteiger partial charge in [-0.1, -0.05) is 109 Å². The maximum Gasteiger partial charge on any atom is 0.416 e. The second-order valence-electron chi connectivity index (χ2n) is 16.5. The second kappa shape index (κ2) is 14.1. The van der Waals surface area contributed by atoms with E-state index in [2.05, 4.69) is 118 Å². The number of nitrogens with zero attached hydrogens (tertiary/aromatic N) is 4. The third-order valence-electron chi connectivity index (χ3n) is 13.1. The van der Waals surface area contributed by atoms with Crippen LogP contribution >= 0.6 is 22.7 Å². The summed E-state index contributed by atoms with van der Waals surface area (Å²) >= 11 is 3.50. The van der Waals surface area contributed by atoms with E-state index in [0.29, 0.717) is 39.2 Å². The molecule has 0 saturated heterocycles. The molecule has 4 nitrogen and oxygen atoms in total. The van der Waals surface area contributed by atoms with Crippen molar-refractivity contribution in [1.29, 1.82) is 10.5 Å². The van der Waals surface area contributed by atoms with Crippen LogP contribution in [0.25, 0.3) is 118 Å². The molecule has 13 rings (SSSR count). The maximum absolute atomic E-state index is 14.3. The van der Waals surface area contributed by atoms with Crippen molar-refractivity contribution in [2.24, 2.45) is 0 Å². The standard InChI is InChI=1S/C57H29F3N4S2/c58-57(59,60)34-23-24-35(33(29-34)31-62)38-16-10-20-46(64-44-18-6-2-15-42(44)54-48(64)28-26-40-37-13-4-8-22-50(37)66-56(40)54)52(38)51-32(30-61)11-9-19-45(51)63-43-17-5-1-14-41(43)53-47(63)27-25-39-36-12-3-7-21-49(36)65-55(39)53/h1-29H. The van der Waals surface area contributed by atoms with Gasteiger partial charge in [0.15, 0.2) is 0 Å². The first kappa shape index (κ1) is 38.3. The fourth-order valence-corrected chi connectivity index (χ4v) is 12.9. The summed E-state index contributed by atoms with van der Waals surface area (Å²) in [6.45, 7) is 0. The minimum absolute atomic E-state index is 0.127. The molecule has 9 aromatic carbocycles. The number of nitriles is 2. The molecule has 0 N–H and O–H groups in total. The van der Waals surface area contributed by atoms with Crippen LogP contribution in [0.15, 0.2) is 176 Å². The molecule has 0 amide bonds. The van der Waals surface area contributed by atoms with Crippen LogP contribution in [0.4, 0.5) is 13.2 Å². The van der Waals surface area contributed by atoms with Crippen LogP contribution in [0.1, 0.15) is 16.7 Å². The van der Waals surface area contributed by atoms with E-state index in [1.807, 2.05) is 54.6 Å². The predicted octanol–water partition coefficient (Wildman–Crippen LogP) is 16.7. The Morgan fingerprint density at radius 1 is 0.409 bits per heavy atom. The van der Waals surface area contributed by atoms with E-state index in [4.69, 9.17) is 0 Å². The first-order valence-electron chi connectivity index (χ1n) is 21.3. The molecule has 0 aliphatic rings. The van der Waals surface area contributed by atoms with Gasteiger partial charge in [-0.2, -0.15) is 23.7 Å². The molecule has 9 heteroatoms. The molecular weight excluding hydrogens is 862 g/mol. The average Bonchev–Trinajstić information content (AvgIpc) is 4.10. The quantitative estimate of drug-likeness (QED) is 0.177. The SMILES string of the molecule is N#Cc1cc(C(F)(F)F)ccc1-c1cccc(-n2c3ccccc3c3c4sc5ccccc5c4ccc32)c1-c1c(C#N)cccc1-n1c2ccccc2c2c3sc4ccccc4c3ccc21. The van der Waals surface area contributed by atoms with Gasteiger partial charge in [0, 0.05) is 78.6 Å². The summed E-state index contributed by atoms with van der Waals surface area (Å²) in [6, 6.07) is 61.5. The van der Waals surface area contributed by atoms with Gasteiger partial charge in [-0.05, 0) is 72.3 Å². The largest absolute Gasteiger partial charge is 0.416 e. The van der Waals surface area contributed by atoms with Crippen LogP contribution < -0.4 is 0 Å². The van der Waals surface area contributed by atoms with Crippen LogP contribution in [0.2, 0.25) is 0 Å². The number of benzene rings is 9. The minimum Gasteiger partial charge on any atom is -0.309 e. The molecule has 0 saturated carbocycles. The van der Waals surface area contributed by atoms with Gasteiger partial charge in [0.2, 0.25) is 0 Å². The lowest BCUT2D eigenvalue weighted by Crippen LogP contribution is -2.07. The van der Waals surface area contributed by atoms with Crippen LogP contribution in [0.3, 0.4) is 0 Å². The second-order valence-corrected chi connectivity index (χ2v) is 18.6. The van der Waals surface area contributed by atoms with Crippen molar-refractivity contribution in [3.05, 3.63) is 193 Å². The first-order chi connectivity index (χ1) is 32.3. The number of alkyl halides is 3. The Bertz CT molecular complexity index is 4320. The van der Waals surface area contributed by atoms with Crippen molar-refractivity contribution in [3.8, 4) is 45.8 Å². The van der Waals surface area contributed by atoms with Crippen LogP contribution in [0.5, 0.6) is 0 Å². The summed E-state index contributed by atoms with van der Waals surface area (Å²) < 4.78 is 51.9. The molecule has 0 fully saturated rings. The van der Waals surface area contributed by atoms with Gasteiger partial charge < -0.3 is 9.13 Å². The fraction of sp³-hybridized carbons (Fsp3) is 0.0175. The van der Waals surface area contributed by atoms with E-state index in [-0.39, 0.29) is 5.56 Å². The fourth-order valence-electron chi connectivity index (χ4n) is 10.3. The molecule has 13 aromatic rings. The molecule has 0 spiro atoms. The smallest absolute Gasteiger partial charge is 0.309 e. The number of thiophene rings is 2. The zero-order chi connectivity index (χ0) is 44.4. The Hall–Kier alpha value is -8.21. The predicted molar refractivity (Wildman–Crippen MR) is 266 cm³/mol. The molecule has 0 radical (unpaired) electrons. The third kappa shape index (κ3) is 5.36. The van der Waals surface area contributed by atoms with E-state index < -0.39 is 11.7 Å². The molecule has 0 unspecified atom stereocenters. The molecule has 310 valence electrons. The van der Waals surface area contributed by atoms with Crippen molar-refractivity contribution < 1.29 is 13.2 Å². The van der Waals surface area contributed by atoms with Gasteiger partial charge in [0.05, 0.1) is 62.3 Å². The van der Waals surface area contributed by atoms with E-state index >= 15 is 0 Å². The first-order valence-corrected chi connectivity index (χ1v) is 22.9. The molecule has 0 bridgehead atoms. The lowest BCUT2D eigenvalue weighted by atomic mass is 9.87. The van der Waals surface area contributed by atoms with Gasteiger partial charge in [-0.3, -0.25) is 0 Å². The van der Waals surface area contributed by atoms with Crippen molar-refractivity contribution in [1.82, 2.24) is 9.13 Å². The number of para-hydroxylation sites is 2. The molecule has 0 aliphatic carbocycles. The Labute approximate surface area is 382 Å². The number of rotatable bonds is 4. The molecular formula is C57H29F3N4S2. The Balaban J connectivity index is 1.20. The zero-order valence-electron chi connectivity index (χ0n) is 34.5. The highest BCUT2D eigenvalue weighted by atomic mass is 32.1. The lowest BCUT2D eigenvalue weighted by Gasteiger charge is -2.23. The normalized spacial score (nSPS) is 12.1. The molecule has 0 atom stereocenters. The molecule has 4 aromatic heterocycles. The summed E-state index contributed by atoms with van der Waals surface area (Å²) in [6.07, 6.45) is -4.66. The van der Waals surface area contributed by atoms with Crippen LogP contribution in [-0.4, -0.2) is 9.13 Å². The van der Waals surface area contributed by atoms with Gasteiger partial charge in [0.1, 0.15) is 0 Å². The van der Waals surface area contributed by atoms with Crippen molar-refractivity contribution in [2.45, 2.75) is 6.18 Å². The van der Waals surface area contributed by atoms with E-state index in [1.165, 1.54) is 26.2 Å². The van der Waals surface area contributed by atoms with Crippen LogP contribution in [-0.2, 0) is 6.18 Å². The monoisotopic (exact) mass is 890 g/mol. The summed E-state index contributed by atoms with van der Waals surface area (Å²) in [5.41, 5.74) is 6.52. The zero-order valence-corrected chi connectivity index (χ0v) is 36.1. The van der Waals surface area contributed by atoms with Crippen LogP contribution in [0, 0.1) is 22.7 Å². The maximum atomic E-state index is 14.3. The van der Waals surface area contributed by atoms with E-state index in [0.717, 1.165) is 75.9 Å². The van der Waals surface area contributed by atoms with E-state index in [1.54, 1.807) is 28.7 Å². The Kier molecular flexibility index (Phi) is 8.20. The average molecular weight is 891 g/mol. The number of aromatic nitrogens is 2. The number of hydrogen-bond donors (Lipinski definition) is 0. The number of fused-ring (bicyclic) bond motifs is 14. The van der Waals surface area contributed by atoms with Gasteiger partial charge in [-0.25, -0.2) is 0 Å². The molecule has 66 heavy (non-hydrogen) atoms. The molecule has 0 aliphatic heterocycles. The van der Waals surface area contributed by atoms with E-state index in [9.17, 15) is 23.7 Å². The summed E-state index contributed by atoms with van der Waals surface area (Å²) in [5.74, 6) is 0. The highest BCUT2D eigenvalue weighted by molar-refractivity contribution is 7.27. The van der Waals surface area contributed by atoms with Crippen molar-refractivity contribution >= 4 is 107 Å². The summed E-state index contributed by atoms with van der Waals surface area (Å²) in [5, 5.41) is 30.8. The number of halogens is 3. The topological polar surface area (TPSA) is 57.4 Å². The third-order valence-corrected chi connectivity index (χ3v) is 15.5. The van der Waals surface area contributed by atoms with Gasteiger partial charge in [-0.15, -0.1) is 22.7 Å². The summed E-state index contributed by atoms with van der Waals surface area (Å²) in [7, 11) is 0. The Morgan fingerprint density at radius 3 is 1.45 bits per heavy atom. The number of hydrogen-bond acceptors (Lipinski definition) is 4. The minimum atomic E-state index is -4.66. The lowest BCUT2D eigenvalue weighted by molar-refractivity contribution is -0.137. The molecule has 4 heterocycles. The van der Waals surface area contributed by atoms with Crippen molar-refractivity contribution in [2.75, 3.05) is 0 Å². The Morgan fingerprint density at radius 2 is 0.909 bits per heavy atom. The highest BCUT2D eigenvalue weighted by Crippen LogP contribution is 2.50. The van der Waals surface area contributed by atoms with Gasteiger partial charge in [0.25, 0.3) is 0 Å².